The average molecular weight is 658 g/mol. The van der Waals surface area contributed by atoms with Gasteiger partial charge in [0.05, 0.1) is 36.1 Å². The molecule has 244 valence electrons. The summed E-state index contributed by atoms with van der Waals surface area (Å²) in [6.07, 6.45) is 2.18. The molecule has 0 aliphatic carbocycles. The molecular weight excluding hydrogens is 620 g/mol. The van der Waals surface area contributed by atoms with Crippen LogP contribution in [0.1, 0.15) is 24.2 Å². The van der Waals surface area contributed by atoms with Gasteiger partial charge in [-0.05, 0) is 62.7 Å². The molecule has 0 radical (unpaired) electrons. The number of hydrogen-bond donors (Lipinski definition) is 0. The van der Waals surface area contributed by atoms with Gasteiger partial charge in [0.15, 0.2) is 0 Å². The molecule has 0 bridgehead atoms. The summed E-state index contributed by atoms with van der Waals surface area (Å²) >= 11 is 1.45. The van der Waals surface area contributed by atoms with Gasteiger partial charge < -0.3 is 19.3 Å². The molecule has 11 heteroatoms. The Morgan fingerprint density at radius 2 is 1.94 bits per heavy atom. The molecule has 1 aliphatic rings. The lowest BCUT2D eigenvalue weighted by Gasteiger charge is -2.33. The summed E-state index contributed by atoms with van der Waals surface area (Å²) in [6.45, 7) is 7.79. The summed E-state index contributed by atoms with van der Waals surface area (Å²) in [5, 5.41) is 7.74. The number of methoxy groups -OCH3 is 1. The van der Waals surface area contributed by atoms with E-state index < -0.39 is 11.6 Å². The summed E-state index contributed by atoms with van der Waals surface area (Å²) < 4.78 is 44.4. The van der Waals surface area contributed by atoms with Crippen LogP contribution in [0.2, 0.25) is 0 Å². The Kier molecular flexibility index (Phi) is 9.49. The van der Waals surface area contributed by atoms with Gasteiger partial charge in [-0.1, -0.05) is 24.8 Å². The molecule has 6 rings (SSSR count). The molecule has 1 aliphatic heterocycles. The highest BCUT2D eigenvalue weighted by Crippen LogP contribution is 2.47. The van der Waals surface area contributed by atoms with Crippen molar-refractivity contribution in [3.63, 3.8) is 0 Å². The van der Waals surface area contributed by atoms with E-state index in [4.69, 9.17) is 19.6 Å². The summed E-state index contributed by atoms with van der Waals surface area (Å²) in [4.78, 5) is 21.8. The number of fused-ring (bicyclic) bond motifs is 2. The zero-order valence-corrected chi connectivity index (χ0v) is 27.7. The van der Waals surface area contributed by atoms with Crippen LogP contribution in [0, 0.1) is 11.6 Å². The van der Waals surface area contributed by atoms with Crippen molar-refractivity contribution in [3.05, 3.63) is 89.5 Å². The number of pyridine rings is 1. The minimum absolute atomic E-state index is 0.0517. The lowest BCUT2D eigenvalue weighted by molar-refractivity contribution is -0.129. The van der Waals surface area contributed by atoms with Crippen LogP contribution in [0.4, 0.5) is 8.78 Å². The molecule has 0 spiro atoms. The number of carbonyl (C=O) groups excluding carboxylic acids is 1. The van der Waals surface area contributed by atoms with Crippen molar-refractivity contribution in [2.75, 3.05) is 47.5 Å². The maximum absolute atomic E-state index is 16.1. The zero-order chi connectivity index (χ0) is 33.2. The molecule has 3 aromatic heterocycles. The van der Waals surface area contributed by atoms with Crippen molar-refractivity contribution >= 4 is 27.3 Å². The Morgan fingerprint density at radius 3 is 2.70 bits per heavy atom. The maximum atomic E-state index is 16.1. The van der Waals surface area contributed by atoms with Crippen molar-refractivity contribution in [3.8, 4) is 39.5 Å². The van der Waals surface area contributed by atoms with Crippen LogP contribution in [0.3, 0.4) is 0 Å². The molecule has 8 nitrogen and oxygen atoms in total. The maximum Gasteiger partial charge on any atom is 0.246 e. The average Bonchev–Trinajstić information content (AvgIpc) is 3.72. The number of likely N-dealkylation sites (N-methyl/N-ethyl adjacent to an activating group) is 1. The first-order valence-corrected chi connectivity index (χ1v) is 16.4. The lowest BCUT2D eigenvalue weighted by Crippen LogP contribution is -2.40. The van der Waals surface area contributed by atoms with Crippen LogP contribution >= 0.6 is 11.3 Å². The van der Waals surface area contributed by atoms with Gasteiger partial charge in [-0.15, -0.1) is 11.3 Å². The van der Waals surface area contributed by atoms with Gasteiger partial charge >= 0.3 is 0 Å². The monoisotopic (exact) mass is 657 g/mol. The number of hydrogen-bond acceptors (Lipinski definition) is 7. The molecule has 1 amide bonds. The van der Waals surface area contributed by atoms with Crippen LogP contribution in [-0.4, -0.2) is 78.0 Å². The molecule has 2 aromatic carbocycles. The molecule has 47 heavy (non-hydrogen) atoms. The Bertz CT molecular complexity index is 1950. The molecule has 0 saturated carbocycles. The molecule has 0 fully saturated rings. The zero-order valence-electron chi connectivity index (χ0n) is 26.9. The normalized spacial score (nSPS) is 14.5. The second-order valence-electron chi connectivity index (χ2n) is 11.8. The number of benzene rings is 2. The van der Waals surface area contributed by atoms with Crippen molar-refractivity contribution in [2.45, 2.75) is 25.9 Å². The number of halogens is 2. The minimum Gasteiger partial charge on any atom is -0.490 e. The predicted octanol–water partition coefficient (Wildman–Crippen LogP) is 6.99. The van der Waals surface area contributed by atoms with Gasteiger partial charge in [-0.3, -0.25) is 9.48 Å². The fourth-order valence-electron chi connectivity index (χ4n) is 6.07. The number of amides is 1. The number of aromatic nitrogens is 3. The van der Waals surface area contributed by atoms with Crippen LogP contribution in [0.5, 0.6) is 5.75 Å². The highest BCUT2D eigenvalue weighted by atomic mass is 32.1. The number of ether oxygens (including phenoxy) is 2. The van der Waals surface area contributed by atoms with E-state index in [1.54, 1.807) is 4.90 Å². The fourth-order valence-corrected chi connectivity index (χ4v) is 7.02. The summed E-state index contributed by atoms with van der Waals surface area (Å²) in [5.74, 6) is -1.63. The first kappa shape index (κ1) is 32.5. The van der Waals surface area contributed by atoms with Gasteiger partial charge in [-0.25, -0.2) is 13.8 Å². The van der Waals surface area contributed by atoms with Crippen molar-refractivity contribution in [2.24, 2.45) is 0 Å². The van der Waals surface area contributed by atoms with E-state index >= 15 is 4.39 Å². The molecule has 0 N–H and O–H groups in total. The summed E-state index contributed by atoms with van der Waals surface area (Å²) in [5.41, 5.74) is 5.17. The molecule has 1 atom stereocenters. The largest absolute Gasteiger partial charge is 0.490 e. The minimum atomic E-state index is -0.770. The smallest absolute Gasteiger partial charge is 0.246 e. The number of rotatable bonds is 11. The number of thiophene rings is 1. The Morgan fingerprint density at radius 1 is 1.11 bits per heavy atom. The van der Waals surface area contributed by atoms with E-state index in [0.717, 1.165) is 46.1 Å². The fraction of sp³-hybridized carbons (Fsp3) is 0.306. The summed E-state index contributed by atoms with van der Waals surface area (Å²) in [6, 6.07) is 14.0. The quantitative estimate of drug-likeness (QED) is 0.113. The van der Waals surface area contributed by atoms with E-state index in [2.05, 4.69) is 23.6 Å². The third-order valence-corrected chi connectivity index (χ3v) is 9.36. The van der Waals surface area contributed by atoms with Crippen LogP contribution in [0.15, 0.2) is 66.6 Å². The van der Waals surface area contributed by atoms with Gasteiger partial charge in [0.2, 0.25) is 5.91 Å². The second-order valence-corrected chi connectivity index (χ2v) is 12.7. The Labute approximate surface area is 276 Å². The molecule has 5 aromatic rings. The molecule has 0 saturated heterocycles. The molecule has 1 unspecified atom stereocenters. The topological polar surface area (TPSA) is 72.7 Å². The van der Waals surface area contributed by atoms with Gasteiger partial charge in [0.25, 0.3) is 0 Å². The lowest BCUT2D eigenvalue weighted by atomic mass is 9.95. The van der Waals surface area contributed by atoms with Gasteiger partial charge in [0.1, 0.15) is 35.4 Å². The highest BCUT2D eigenvalue weighted by Gasteiger charge is 2.31. The molecular formula is C36H37F2N5O3S. The highest BCUT2D eigenvalue weighted by molar-refractivity contribution is 7.18. The van der Waals surface area contributed by atoms with Gasteiger partial charge in [-0.2, -0.15) is 5.10 Å². The van der Waals surface area contributed by atoms with Gasteiger partial charge in [0, 0.05) is 53.5 Å². The second kappa shape index (κ2) is 13.7. The Hall–Kier alpha value is -4.45. The Balaban J connectivity index is 1.60. The first-order valence-electron chi connectivity index (χ1n) is 15.5. The number of carbonyl (C=O) groups is 1. The summed E-state index contributed by atoms with van der Waals surface area (Å²) in [7, 11) is 5.63. The van der Waals surface area contributed by atoms with E-state index in [0.29, 0.717) is 30.0 Å². The van der Waals surface area contributed by atoms with E-state index in [9.17, 15) is 9.18 Å². The van der Waals surface area contributed by atoms with E-state index in [1.807, 2.05) is 55.3 Å². The van der Waals surface area contributed by atoms with E-state index in [1.165, 1.54) is 36.2 Å². The third-order valence-electron chi connectivity index (χ3n) is 8.43. The number of nitrogens with zero attached hydrogens (tertiary/aromatic N) is 5. The predicted molar refractivity (Wildman–Crippen MR) is 182 cm³/mol. The first-order chi connectivity index (χ1) is 22.7. The molecule has 4 heterocycles. The third kappa shape index (κ3) is 6.43. The van der Waals surface area contributed by atoms with Crippen molar-refractivity contribution in [1.29, 1.82) is 0 Å². The van der Waals surface area contributed by atoms with Crippen LogP contribution < -0.4 is 4.74 Å². The van der Waals surface area contributed by atoms with Crippen LogP contribution in [-0.2, 0) is 22.5 Å². The standard InChI is InChI=1S/C36H37F2N5O3S/c1-6-31(44)42-13-14-43-29(22(42)2)21-28(40-43)35-33(32-27(38)19-25(37)20-30(32)46-16-15-45-5)36-26(11-17-47-36)34(39-35)24-9-7-8-23(18-24)10-12-41(3)4/h6-9,11,17-22H,1,10,12-16H2,2-5H3. The van der Waals surface area contributed by atoms with Crippen LogP contribution in [0.25, 0.3) is 43.9 Å². The van der Waals surface area contributed by atoms with E-state index in [-0.39, 0.29) is 36.5 Å². The van der Waals surface area contributed by atoms with Crippen molar-refractivity contribution < 1.29 is 23.0 Å². The SMILES string of the molecule is C=CC(=O)N1CCn2nc(-c3nc(-c4cccc(CCN(C)C)c4)c4ccsc4c3-c3c(F)cc(F)cc3OCCOC)cc2C1C. The van der Waals surface area contributed by atoms with Crippen molar-refractivity contribution in [1.82, 2.24) is 24.6 Å².